The molecule has 1 atom stereocenters. The van der Waals surface area contributed by atoms with Crippen LogP contribution in [0.25, 0.3) is 0 Å². The van der Waals surface area contributed by atoms with Crippen molar-refractivity contribution < 1.29 is 4.79 Å². The van der Waals surface area contributed by atoms with E-state index in [4.69, 9.17) is 11.6 Å². The standard InChI is InChI=1S/C14H15ClN2OS/c1-9-4-5-12(19-9)10(2)17(3)14(18)11-6-7-16-13(15)8-11/h4-8,10H,1-3H3. The highest BCUT2D eigenvalue weighted by Gasteiger charge is 2.20. The van der Waals surface area contributed by atoms with E-state index in [1.54, 1.807) is 41.6 Å². The maximum atomic E-state index is 12.4. The molecule has 2 heterocycles. The molecule has 5 heteroatoms. The average molecular weight is 295 g/mol. The summed E-state index contributed by atoms with van der Waals surface area (Å²) >= 11 is 7.52. The number of nitrogens with zero attached hydrogens (tertiary/aromatic N) is 2. The summed E-state index contributed by atoms with van der Waals surface area (Å²) in [6.07, 6.45) is 1.55. The average Bonchev–Trinajstić information content (AvgIpc) is 2.83. The first-order valence-corrected chi connectivity index (χ1v) is 7.13. The summed E-state index contributed by atoms with van der Waals surface area (Å²) in [5.41, 5.74) is 0.558. The lowest BCUT2D eigenvalue weighted by molar-refractivity contribution is 0.0745. The Hall–Kier alpha value is -1.39. The van der Waals surface area contributed by atoms with Crippen molar-refractivity contribution in [2.24, 2.45) is 0 Å². The second-order valence-electron chi connectivity index (χ2n) is 4.41. The highest BCUT2D eigenvalue weighted by atomic mass is 35.5. The van der Waals surface area contributed by atoms with Crippen molar-refractivity contribution in [3.05, 3.63) is 50.9 Å². The minimum Gasteiger partial charge on any atom is -0.334 e. The zero-order chi connectivity index (χ0) is 14.0. The molecule has 100 valence electrons. The van der Waals surface area contributed by atoms with Crippen LogP contribution < -0.4 is 0 Å². The highest BCUT2D eigenvalue weighted by molar-refractivity contribution is 7.12. The first kappa shape index (κ1) is 14.0. The molecule has 0 spiro atoms. The summed E-state index contributed by atoms with van der Waals surface area (Å²) in [5, 5.41) is 0.332. The number of rotatable bonds is 3. The monoisotopic (exact) mass is 294 g/mol. The van der Waals surface area contributed by atoms with Gasteiger partial charge in [-0.05, 0) is 38.1 Å². The Morgan fingerprint density at radius 1 is 1.42 bits per heavy atom. The van der Waals surface area contributed by atoms with Gasteiger partial charge in [0.25, 0.3) is 5.91 Å². The van der Waals surface area contributed by atoms with E-state index in [1.165, 1.54) is 9.75 Å². The Morgan fingerprint density at radius 2 is 2.16 bits per heavy atom. The molecular formula is C14H15ClN2OS. The Kier molecular flexibility index (Phi) is 4.22. The van der Waals surface area contributed by atoms with E-state index in [2.05, 4.69) is 24.0 Å². The normalized spacial score (nSPS) is 12.2. The number of hydrogen-bond donors (Lipinski definition) is 0. The Labute approximate surface area is 121 Å². The number of carbonyl (C=O) groups excluding carboxylic acids is 1. The Morgan fingerprint density at radius 3 is 2.74 bits per heavy atom. The summed E-state index contributed by atoms with van der Waals surface area (Å²) in [5.74, 6) is -0.0529. The highest BCUT2D eigenvalue weighted by Crippen LogP contribution is 2.27. The quantitative estimate of drug-likeness (QED) is 0.803. The molecule has 2 aromatic heterocycles. The predicted octanol–water partition coefficient (Wildman–Crippen LogP) is 3.94. The molecule has 0 saturated heterocycles. The van der Waals surface area contributed by atoms with Gasteiger partial charge in [0.2, 0.25) is 0 Å². The van der Waals surface area contributed by atoms with Gasteiger partial charge in [0, 0.05) is 28.6 Å². The first-order valence-electron chi connectivity index (χ1n) is 5.94. The van der Waals surface area contributed by atoms with Crippen LogP contribution in [0.5, 0.6) is 0 Å². The smallest absolute Gasteiger partial charge is 0.254 e. The molecule has 0 aliphatic heterocycles. The number of aryl methyl sites for hydroxylation is 1. The van der Waals surface area contributed by atoms with Gasteiger partial charge in [-0.1, -0.05) is 11.6 Å². The molecule has 0 saturated carbocycles. The minimum atomic E-state index is -0.0529. The zero-order valence-corrected chi connectivity index (χ0v) is 12.6. The minimum absolute atomic E-state index is 0.0399. The molecule has 2 aromatic rings. The summed E-state index contributed by atoms with van der Waals surface area (Å²) in [4.78, 5) is 20.4. The third kappa shape index (κ3) is 3.14. The van der Waals surface area contributed by atoms with E-state index >= 15 is 0 Å². The van der Waals surface area contributed by atoms with Gasteiger partial charge in [-0.25, -0.2) is 4.98 Å². The third-order valence-electron chi connectivity index (χ3n) is 3.05. The van der Waals surface area contributed by atoms with Crippen molar-refractivity contribution in [3.63, 3.8) is 0 Å². The van der Waals surface area contributed by atoms with E-state index in [9.17, 15) is 4.79 Å². The molecule has 3 nitrogen and oxygen atoms in total. The van der Waals surface area contributed by atoms with Gasteiger partial charge in [-0.2, -0.15) is 0 Å². The first-order chi connectivity index (χ1) is 8.99. The fourth-order valence-corrected chi connectivity index (χ4v) is 2.93. The second kappa shape index (κ2) is 5.72. The molecule has 0 fully saturated rings. The molecule has 0 radical (unpaired) electrons. The largest absolute Gasteiger partial charge is 0.334 e. The van der Waals surface area contributed by atoms with E-state index in [0.29, 0.717) is 10.7 Å². The third-order valence-corrected chi connectivity index (χ3v) is 4.43. The van der Waals surface area contributed by atoms with E-state index in [1.807, 2.05) is 6.92 Å². The fraction of sp³-hybridized carbons (Fsp3) is 0.286. The van der Waals surface area contributed by atoms with Crippen molar-refractivity contribution in [1.82, 2.24) is 9.88 Å². The van der Waals surface area contributed by atoms with Gasteiger partial charge in [0.15, 0.2) is 0 Å². The predicted molar refractivity (Wildman–Crippen MR) is 78.8 cm³/mol. The van der Waals surface area contributed by atoms with Crippen molar-refractivity contribution in [2.75, 3.05) is 7.05 Å². The van der Waals surface area contributed by atoms with Crippen LogP contribution in [0.2, 0.25) is 5.15 Å². The lowest BCUT2D eigenvalue weighted by Gasteiger charge is -2.24. The van der Waals surface area contributed by atoms with Gasteiger partial charge >= 0.3 is 0 Å². The van der Waals surface area contributed by atoms with Crippen LogP contribution in [0.3, 0.4) is 0 Å². The van der Waals surface area contributed by atoms with Crippen LogP contribution >= 0.6 is 22.9 Å². The number of pyridine rings is 1. The van der Waals surface area contributed by atoms with E-state index in [-0.39, 0.29) is 11.9 Å². The second-order valence-corrected chi connectivity index (χ2v) is 6.11. The zero-order valence-electron chi connectivity index (χ0n) is 11.1. The number of aromatic nitrogens is 1. The van der Waals surface area contributed by atoms with Gasteiger partial charge < -0.3 is 4.90 Å². The summed E-state index contributed by atoms with van der Waals surface area (Å²) in [6.45, 7) is 4.08. The van der Waals surface area contributed by atoms with Crippen LogP contribution in [-0.4, -0.2) is 22.8 Å². The van der Waals surface area contributed by atoms with Crippen molar-refractivity contribution in [3.8, 4) is 0 Å². The van der Waals surface area contributed by atoms with E-state index in [0.717, 1.165) is 0 Å². The van der Waals surface area contributed by atoms with E-state index < -0.39 is 0 Å². The Balaban J connectivity index is 2.19. The number of thiophene rings is 1. The number of hydrogen-bond acceptors (Lipinski definition) is 3. The molecule has 2 rings (SSSR count). The lowest BCUT2D eigenvalue weighted by atomic mass is 10.2. The molecule has 0 aromatic carbocycles. The SMILES string of the molecule is Cc1ccc(C(C)N(C)C(=O)c2ccnc(Cl)c2)s1. The van der Waals surface area contributed by atoms with Crippen LogP contribution in [-0.2, 0) is 0 Å². The van der Waals surface area contributed by atoms with Gasteiger partial charge in [0.05, 0.1) is 6.04 Å². The van der Waals surface area contributed by atoms with Gasteiger partial charge in [-0.15, -0.1) is 11.3 Å². The van der Waals surface area contributed by atoms with Crippen LogP contribution in [0.4, 0.5) is 0 Å². The molecule has 0 aliphatic rings. The molecule has 0 aliphatic carbocycles. The van der Waals surface area contributed by atoms with Crippen molar-refractivity contribution in [2.45, 2.75) is 19.9 Å². The fourth-order valence-electron chi connectivity index (χ4n) is 1.78. The molecule has 1 unspecified atom stereocenters. The van der Waals surface area contributed by atoms with Gasteiger partial charge in [-0.3, -0.25) is 4.79 Å². The van der Waals surface area contributed by atoms with Crippen LogP contribution in [0.1, 0.15) is 33.1 Å². The topological polar surface area (TPSA) is 33.2 Å². The molecule has 0 bridgehead atoms. The van der Waals surface area contributed by atoms with Crippen molar-refractivity contribution in [1.29, 1.82) is 0 Å². The summed E-state index contributed by atoms with van der Waals surface area (Å²) in [6, 6.07) is 7.44. The molecule has 1 amide bonds. The number of halogens is 1. The summed E-state index contributed by atoms with van der Waals surface area (Å²) in [7, 11) is 1.80. The summed E-state index contributed by atoms with van der Waals surface area (Å²) < 4.78 is 0. The number of amides is 1. The van der Waals surface area contributed by atoms with Crippen LogP contribution in [0.15, 0.2) is 30.5 Å². The maximum Gasteiger partial charge on any atom is 0.254 e. The van der Waals surface area contributed by atoms with Gasteiger partial charge in [0.1, 0.15) is 5.15 Å². The number of carbonyl (C=O) groups is 1. The van der Waals surface area contributed by atoms with Crippen molar-refractivity contribution >= 4 is 28.8 Å². The molecule has 19 heavy (non-hydrogen) atoms. The molecule has 0 N–H and O–H groups in total. The maximum absolute atomic E-state index is 12.4. The Bertz CT molecular complexity index is 597. The lowest BCUT2D eigenvalue weighted by Crippen LogP contribution is -2.29. The van der Waals surface area contributed by atoms with Crippen LogP contribution in [0, 0.1) is 6.92 Å². The molecular weight excluding hydrogens is 280 g/mol.